The van der Waals surface area contributed by atoms with Crippen molar-refractivity contribution in [1.29, 1.82) is 0 Å². The van der Waals surface area contributed by atoms with E-state index in [9.17, 15) is 0 Å². The zero-order chi connectivity index (χ0) is 12.0. The summed E-state index contributed by atoms with van der Waals surface area (Å²) in [4.78, 5) is 0. The minimum absolute atomic E-state index is 0.357. The van der Waals surface area contributed by atoms with Gasteiger partial charge in [-0.3, -0.25) is 0 Å². The van der Waals surface area contributed by atoms with E-state index in [1.807, 2.05) is 12.1 Å². The average molecular weight is 285 g/mol. The molecule has 1 aromatic carbocycles. The summed E-state index contributed by atoms with van der Waals surface area (Å²) in [5.41, 5.74) is 1.52. The molecule has 3 heteroatoms. The molecule has 16 heavy (non-hydrogen) atoms. The first kappa shape index (κ1) is 13.5. The van der Waals surface area contributed by atoms with Crippen molar-refractivity contribution < 1.29 is 0 Å². The smallest absolute Gasteiger partial charge is 0.0351 e. The molecular formula is C13H21BrN2. The molecule has 0 aliphatic rings. The number of hydrogen-bond acceptors (Lipinski definition) is 2. The molecule has 90 valence electrons. The maximum absolute atomic E-state index is 3.46. The number of benzene rings is 1. The van der Waals surface area contributed by atoms with Crippen molar-refractivity contribution in [2.24, 2.45) is 5.41 Å². The van der Waals surface area contributed by atoms with Crippen molar-refractivity contribution in [2.75, 3.05) is 25.0 Å². The van der Waals surface area contributed by atoms with Crippen LogP contribution in [0.15, 0.2) is 28.7 Å². The summed E-state index contributed by atoms with van der Waals surface area (Å²) in [5, 5.41) is 6.82. The highest BCUT2D eigenvalue weighted by Crippen LogP contribution is 2.15. The maximum atomic E-state index is 3.46. The monoisotopic (exact) mass is 284 g/mol. The Hall–Kier alpha value is -0.540. The lowest BCUT2D eigenvalue weighted by Crippen LogP contribution is -2.30. The maximum Gasteiger partial charge on any atom is 0.0351 e. The van der Waals surface area contributed by atoms with E-state index in [0.717, 1.165) is 29.8 Å². The van der Waals surface area contributed by atoms with Gasteiger partial charge in [-0.25, -0.2) is 0 Å². The molecule has 0 heterocycles. The molecule has 1 rings (SSSR count). The van der Waals surface area contributed by atoms with Crippen LogP contribution in [0.1, 0.15) is 20.8 Å². The van der Waals surface area contributed by atoms with Crippen molar-refractivity contribution in [1.82, 2.24) is 5.32 Å². The highest BCUT2D eigenvalue weighted by Gasteiger charge is 2.07. The van der Waals surface area contributed by atoms with E-state index in [0.29, 0.717) is 5.41 Å². The minimum Gasteiger partial charge on any atom is -0.384 e. The normalized spacial score (nSPS) is 11.5. The largest absolute Gasteiger partial charge is 0.384 e. The van der Waals surface area contributed by atoms with Crippen molar-refractivity contribution in [3.05, 3.63) is 28.7 Å². The Morgan fingerprint density at radius 1 is 1.19 bits per heavy atom. The summed E-state index contributed by atoms with van der Waals surface area (Å²) in [6, 6.07) is 8.23. The first-order chi connectivity index (χ1) is 7.47. The van der Waals surface area contributed by atoms with Crippen molar-refractivity contribution in [3.63, 3.8) is 0 Å². The van der Waals surface area contributed by atoms with Gasteiger partial charge in [-0.2, -0.15) is 0 Å². The quantitative estimate of drug-likeness (QED) is 0.809. The van der Waals surface area contributed by atoms with Crippen LogP contribution < -0.4 is 10.6 Å². The lowest BCUT2D eigenvalue weighted by Gasteiger charge is -2.18. The van der Waals surface area contributed by atoms with Crippen LogP contribution in [0, 0.1) is 5.41 Å². The van der Waals surface area contributed by atoms with Crippen molar-refractivity contribution in [3.8, 4) is 0 Å². The number of hydrogen-bond donors (Lipinski definition) is 2. The number of anilines is 1. The Balaban J connectivity index is 2.17. The molecule has 0 fully saturated rings. The molecule has 0 atom stereocenters. The predicted octanol–water partition coefficient (Wildman–Crippen LogP) is 3.50. The van der Waals surface area contributed by atoms with Gasteiger partial charge in [0, 0.05) is 29.8 Å². The second kappa shape index (κ2) is 6.26. The Labute approximate surface area is 107 Å². The van der Waals surface area contributed by atoms with Crippen LogP contribution in [0.5, 0.6) is 0 Å². The summed E-state index contributed by atoms with van der Waals surface area (Å²) >= 11 is 3.46. The average Bonchev–Trinajstić information content (AvgIpc) is 2.15. The van der Waals surface area contributed by atoms with E-state index in [-0.39, 0.29) is 0 Å². The summed E-state index contributed by atoms with van der Waals surface area (Å²) in [5.74, 6) is 0. The zero-order valence-corrected chi connectivity index (χ0v) is 11.9. The molecule has 2 N–H and O–H groups in total. The van der Waals surface area contributed by atoms with Crippen molar-refractivity contribution in [2.45, 2.75) is 20.8 Å². The first-order valence-corrected chi connectivity index (χ1v) is 6.47. The molecule has 0 amide bonds. The second-order valence-electron chi connectivity index (χ2n) is 5.17. The number of halogens is 1. The van der Waals surface area contributed by atoms with Crippen LogP contribution in [-0.2, 0) is 0 Å². The SMILES string of the molecule is CC(C)(C)CNCCNc1cccc(Br)c1. The van der Waals surface area contributed by atoms with Gasteiger partial charge in [-0.05, 0) is 23.6 Å². The molecule has 0 unspecified atom stereocenters. The molecule has 0 aromatic heterocycles. The van der Waals surface area contributed by atoms with Crippen LogP contribution >= 0.6 is 15.9 Å². The lowest BCUT2D eigenvalue weighted by molar-refractivity contribution is 0.384. The Morgan fingerprint density at radius 3 is 2.56 bits per heavy atom. The van der Waals surface area contributed by atoms with Gasteiger partial charge in [0.15, 0.2) is 0 Å². The fraction of sp³-hybridized carbons (Fsp3) is 0.538. The van der Waals surface area contributed by atoms with Gasteiger partial charge >= 0.3 is 0 Å². The fourth-order valence-electron chi connectivity index (χ4n) is 1.36. The van der Waals surface area contributed by atoms with Gasteiger partial charge in [-0.1, -0.05) is 42.8 Å². The molecule has 0 radical (unpaired) electrons. The van der Waals surface area contributed by atoms with Gasteiger partial charge in [0.25, 0.3) is 0 Å². The van der Waals surface area contributed by atoms with Crippen molar-refractivity contribution >= 4 is 21.6 Å². The van der Waals surface area contributed by atoms with E-state index in [1.54, 1.807) is 0 Å². The minimum atomic E-state index is 0.357. The van der Waals surface area contributed by atoms with E-state index in [1.165, 1.54) is 0 Å². The predicted molar refractivity (Wildman–Crippen MR) is 75.0 cm³/mol. The summed E-state index contributed by atoms with van der Waals surface area (Å²) < 4.78 is 1.11. The second-order valence-corrected chi connectivity index (χ2v) is 6.09. The highest BCUT2D eigenvalue weighted by molar-refractivity contribution is 9.10. The Kier molecular flexibility index (Phi) is 5.29. The van der Waals surface area contributed by atoms with E-state index in [2.05, 4.69) is 59.5 Å². The molecule has 0 bridgehead atoms. The van der Waals surface area contributed by atoms with E-state index < -0.39 is 0 Å². The molecule has 0 aliphatic carbocycles. The third-order valence-corrected chi connectivity index (χ3v) is 2.60. The van der Waals surface area contributed by atoms with Gasteiger partial charge < -0.3 is 10.6 Å². The highest BCUT2D eigenvalue weighted by atomic mass is 79.9. The van der Waals surface area contributed by atoms with E-state index >= 15 is 0 Å². The third-order valence-electron chi connectivity index (χ3n) is 2.11. The molecule has 0 saturated carbocycles. The molecule has 0 saturated heterocycles. The molecule has 2 nitrogen and oxygen atoms in total. The van der Waals surface area contributed by atoms with Gasteiger partial charge in [0.05, 0.1) is 0 Å². The summed E-state index contributed by atoms with van der Waals surface area (Å²) in [6.07, 6.45) is 0. The summed E-state index contributed by atoms with van der Waals surface area (Å²) in [7, 11) is 0. The molecule has 0 aliphatic heterocycles. The van der Waals surface area contributed by atoms with Gasteiger partial charge in [0.1, 0.15) is 0 Å². The van der Waals surface area contributed by atoms with Crippen LogP contribution in [0.2, 0.25) is 0 Å². The number of nitrogens with one attached hydrogen (secondary N) is 2. The Bertz CT molecular complexity index is 318. The first-order valence-electron chi connectivity index (χ1n) is 5.67. The number of rotatable bonds is 5. The van der Waals surface area contributed by atoms with Crippen LogP contribution in [0.4, 0.5) is 5.69 Å². The van der Waals surface area contributed by atoms with Crippen LogP contribution in [-0.4, -0.2) is 19.6 Å². The van der Waals surface area contributed by atoms with Crippen LogP contribution in [0.3, 0.4) is 0 Å². The third kappa shape index (κ3) is 6.13. The Morgan fingerprint density at radius 2 is 1.94 bits per heavy atom. The van der Waals surface area contributed by atoms with Crippen LogP contribution in [0.25, 0.3) is 0 Å². The molecule has 0 spiro atoms. The molecular weight excluding hydrogens is 264 g/mol. The standard InChI is InChI=1S/C13H21BrN2/c1-13(2,3)10-15-7-8-16-12-6-4-5-11(14)9-12/h4-6,9,15-16H,7-8,10H2,1-3H3. The van der Waals surface area contributed by atoms with Gasteiger partial charge in [0.2, 0.25) is 0 Å². The molecule has 1 aromatic rings. The van der Waals surface area contributed by atoms with E-state index in [4.69, 9.17) is 0 Å². The topological polar surface area (TPSA) is 24.1 Å². The lowest BCUT2D eigenvalue weighted by atomic mass is 9.97. The van der Waals surface area contributed by atoms with Gasteiger partial charge in [-0.15, -0.1) is 0 Å². The zero-order valence-electron chi connectivity index (χ0n) is 10.3. The fourth-order valence-corrected chi connectivity index (χ4v) is 1.76. The summed E-state index contributed by atoms with van der Waals surface area (Å²) in [6.45, 7) is 9.70.